The molecule has 1 atom stereocenters. The molecule has 1 fully saturated rings. The van der Waals surface area contributed by atoms with Gasteiger partial charge in [-0.3, -0.25) is 4.79 Å². The van der Waals surface area contributed by atoms with Gasteiger partial charge in [0, 0.05) is 29.1 Å². The van der Waals surface area contributed by atoms with E-state index in [9.17, 15) is 10.1 Å². The highest BCUT2D eigenvalue weighted by Crippen LogP contribution is 2.30. The van der Waals surface area contributed by atoms with E-state index in [1.165, 1.54) is 11.5 Å². The summed E-state index contributed by atoms with van der Waals surface area (Å²) in [5, 5.41) is 12.9. The number of hydrogen-bond donors (Lipinski definition) is 1. The molecule has 19 heavy (non-hydrogen) atoms. The van der Waals surface area contributed by atoms with Gasteiger partial charge in [-0.25, -0.2) is 0 Å². The molecule has 5 heteroatoms. The maximum Gasteiger partial charge on any atom is 0.240 e. The molecule has 1 aliphatic rings. The van der Waals surface area contributed by atoms with Crippen LogP contribution in [0.5, 0.6) is 0 Å². The zero-order valence-electron chi connectivity index (χ0n) is 11.9. The lowest BCUT2D eigenvalue weighted by Crippen LogP contribution is -2.43. The number of amides is 1. The summed E-state index contributed by atoms with van der Waals surface area (Å²) in [6.45, 7) is 4.76. The number of carbonyl (C=O) groups is 1. The highest BCUT2D eigenvalue weighted by Gasteiger charge is 2.37. The third-order valence-electron chi connectivity index (χ3n) is 3.38. The van der Waals surface area contributed by atoms with Crippen LogP contribution in [0.1, 0.15) is 39.5 Å². The van der Waals surface area contributed by atoms with E-state index in [1.54, 1.807) is 0 Å². The number of rotatable bonds is 7. The molecule has 0 bridgehead atoms. The predicted molar refractivity (Wildman–Crippen MR) is 84.4 cm³/mol. The molecule has 0 aromatic rings. The Morgan fingerprint density at radius 3 is 2.53 bits per heavy atom. The summed E-state index contributed by atoms with van der Waals surface area (Å²) in [5.41, 5.74) is -0.810. The molecule has 0 saturated carbocycles. The minimum Gasteiger partial charge on any atom is -0.354 e. The number of carbonyl (C=O) groups excluding carboxylic acids is 1. The van der Waals surface area contributed by atoms with Gasteiger partial charge < -0.3 is 5.32 Å². The molecule has 1 saturated heterocycles. The van der Waals surface area contributed by atoms with Gasteiger partial charge in [0.05, 0.1) is 6.07 Å². The standard InChI is InChI=1S/C14H24N2OS2/c1-3-5-14(11-15,6-4-2)13(17)16-9-12-10-18-7-8-19-12/h12H,3-10H2,1-2H3,(H,16,17). The minimum absolute atomic E-state index is 0.0603. The first-order valence-electron chi connectivity index (χ1n) is 7.07. The summed E-state index contributed by atoms with van der Waals surface area (Å²) < 4.78 is 0. The normalized spacial score (nSPS) is 19.7. The van der Waals surface area contributed by atoms with Gasteiger partial charge in [0.2, 0.25) is 5.91 Å². The first-order valence-corrected chi connectivity index (χ1v) is 9.27. The number of nitrogens with one attached hydrogen (secondary N) is 1. The van der Waals surface area contributed by atoms with Crippen LogP contribution in [0, 0.1) is 16.7 Å². The maximum absolute atomic E-state index is 12.4. The van der Waals surface area contributed by atoms with E-state index in [1.807, 2.05) is 37.4 Å². The molecule has 0 radical (unpaired) electrons. The summed E-state index contributed by atoms with van der Waals surface area (Å²) in [4.78, 5) is 12.4. The van der Waals surface area contributed by atoms with Crippen LogP contribution in [-0.2, 0) is 4.79 Å². The van der Waals surface area contributed by atoms with Crippen LogP contribution in [-0.4, -0.2) is 35.0 Å². The van der Waals surface area contributed by atoms with Crippen LogP contribution in [0.3, 0.4) is 0 Å². The largest absolute Gasteiger partial charge is 0.354 e. The van der Waals surface area contributed by atoms with Crippen molar-refractivity contribution in [3.63, 3.8) is 0 Å². The Morgan fingerprint density at radius 2 is 2.05 bits per heavy atom. The quantitative estimate of drug-likeness (QED) is 0.785. The molecule has 0 aromatic heterocycles. The molecule has 1 aliphatic heterocycles. The summed E-state index contributed by atoms with van der Waals surface area (Å²) in [6, 6.07) is 2.28. The van der Waals surface area contributed by atoms with Crippen molar-refractivity contribution in [1.29, 1.82) is 5.26 Å². The lowest BCUT2D eigenvalue weighted by molar-refractivity contribution is -0.128. The molecule has 108 valence electrons. The first-order chi connectivity index (χ1) is 9.18. The summed E-state index contributed by atoms with van der Waals surface area (Å²) in [6.07, 6.45) is 3.06. The Hall–Kier alpha value is -0.340. The molecule has 0 spiro atoms. The van der Waals surface area contributed by atoms with Crippen molar-refractivity contribution >= 4 is 29.4 Å². The fourth-order valence-corrected chi connectivity index (χ4v) is 5.01. The van der Waals surface area contributed by atoms with Crippen molar-refractivity contribution in [3.05, 3.63) is 0 Å². The Bertz CT molecular complexity index is 316. The number of hydrogen-bond acceptors (Lipinski definition) is 4. The van der Waals surface area contributed by atoms with Crippen molar-refractivity contribution in [1.82, 2.24) is 5.32 Å². The second kappa shape index (κ2) is 8.76. The van der Waals surface area contributed by atoms with E-state index in [0.29, 0.717) is 24.6 Å². The van der Waals surface area contributed by atoms with Crippen molar-refractivity contribution in [2.75, 3.05) is 23.8 Å². The van der Waals surface area contributed by atoms with Crippen LogP contribution < -0.4 is 5.32 Å². The second-order valence-electron chi connectivity index (χ2n) is 4.97. The van der Waals surface area contributed by atoms with Crippen molar-refractivity contribution in [2.45, 2.75) is 44.8 Å². The zero-order chi connectivity index (χ0) is 14.1. The smallest absolute Gasteiger partial charge is 0.240 e. The van der Waals surface area contributed by atoms with Crippen LogP contribution in [0.15, 0.2) is 0 Å². The van der Waals surface area contributed by atoms with Crippen molar-refractivity contribution in [2.24, 2.45) is 5.41 Å². The third kappa shape index (κ3) is 4.92. The Labute approximate surface area is 125 Å². The summed E-state index contributed by atoms with van der Waals surface area (Å²) in [5.74, 6) is 3.42. The third-order valence-corrected chi connectivity index (χ3v) is 6.22. The lowest BCUT2D eigenvalue weighted by Gasteiger charge is -2.27. The van der Waals surface area contributed by atoms with E-state index in [2.05, 4.69) is 11.4 Å². The molecule has 3 nitrogen and oxygen atoms in total. The minimum atomic E-state index is -0.810. The number of thioether (sulfide) groups is 2. The Kier molecular flexibility index (Phi) is 7.70. The van der Waals surface area contributed by atoms with Gasteiger partial charge in [0.1, 0.15) is 5.41 Å². The number of nitriles is 1. The molecule has 1 rings (SSSR count). The van der Waals surface area contributed by atoms with Crippen LogP contribution in [0.4, 0.5) is 0 Å². The van der Waals surface area contributed by atoms with Crippen molar-refractivity contribution in [3.8, 4) is 6.07 Å². The zero-order valence-corrected chi connectivity index (χ0v) is 13.5. The Morgan fingerprint density at radius 1 is 1.37 bits per heavy atom. The summed E-state index contributed by atoms with van der Waals surface area (Å²) >= 11 is 3.88. The van der Waals surface area contributed by atoms with Crippen molar-refractivity contribution < 1.29 is 4.79 Å². The summed E-state index contributed by atoms with van der Waals surface area (Å²) in [7, 11) is 0. The molecular weight excluding hydrogens is 276 g/mol. The lowest BCUT2D eigenvalue weighted by atomic mass is 9.80. The maximum atomic E-state index is 12.4. The highest BCUT2D eigenvalue weighted by molar-refractivity contribution is 8.06. The van der Waals surface area contributed by atoms with Crippen LogP contribution in [0.2, 0.25) is 0 Å². The van der Waals surface area contributed by atoms with E-state index >= 15 is 0 Å². The SMILES string of the molecule is CCCC(C#N)(CCC)C(=O)NCC1CSCCS1. The van der Waals surface area contributed by atoms with Crippen LogP contribution in [0.25, 0.3) is 0 Å². The predicted octanol–water partition coefficient (Wildman–Crippen LogP) is 3.06. The van der Waals surface area contributed by atoms with Gasteiger partial charge in [-0.05, 0) is 12.8 Å². The molecule has 1 unspecified atom stereocenters. The van der Waals surface area contributed by atoms with Crippen LogP contribution >= 0.6 is 23.5 Å². The van der Waals surface area contributed by atoms with Gasteiger partial charge in [-0.2, -0.15) is 28.8 Å². The van der Waals surface area contributed by atoms with Gasteiger partial charge in [0.25, 0.3) is 0 Å². The average molecular weight is 300 g/mol. The van der Waals surface area contributed by atoms with E-state index in [0.717, 1.165) is 18.6 Å². The molecule has 1 N–H and O–H groups in total. The fourth-order valence-electron chi connectivity index (χ4n) is 2.40. The fraction of sp³-hybridized carbons (Fsp3) is 0.857. The van der Waals surface area contributed by atoms with E-state index < -0.39 is 5.41 Å². The molecule has 1 heterocycles. The monoisotopic (exact) mass is 300 g/mol. The molecule has 0 aliphatic carbocycles. The van der Waals surface area contributed by atoms with E-state index in [-0.39, 0.29) is 5.91 Å². The van der Waals surface area contributed by atoms with Gasteiger partial charge in [-0.1, -0.05) is 26.7 Å². The second-order valence-corrected chi connectivity index (χ2v) is 7.53. The topological polar surface area (TPSA) is 52.9 Å². The van der Waals surface area contributed by atoms with Gasteiger partial charge in [0.15, 0.2) is 0 Å². The van der Waals surface area contributed by atoms with Gasteiger partial charge in [-0.15, -0.1) is 0 Å². The number of nitrogens with zero attached hydrogens (tertiary/aromatic N) is 1. The molecule has 0 aromatic carbocycles. The first kappa shape index (κ1) is 16.7. The Balaban J connectivity index is 2.53. The average Bonchev–Trinajstić information content (AvgIpc) is 2.45. The van der Waals surface area contributed by atoms with E-state index in [4.69, 9.17) is 0 Å². The molecule has 1 amide bonds. The molecular formula is C14H24N2OS2. The van der Waals surface area contributed by atoms with Gasteiger partial charge >= 0.3 is 0 Å². The highest BCUT2D eigenvalue weighted by atomic mass is 32.2.